The van der Waals surface area contributed by atoms with Gasteiger partial charge in [-0.05, 0) is 61.4 Å². The lowest BCUT2D eigenvalue weighted by molar-refractivity contribution is -0.686. The van der Waals surface area contributed by atoms with Crippen LogP contribution in [0, 0.1) is 5.41 Å². The number of ketones is 1. The Morgan fingerprint density at radius 1 is 1.12 bits per heavy atom. The number of carboxylic acids is 1. The van der Waals surface area contributed by atoms with Crippen molar-refractivity contribution in [3.63, 3.8) is 0 Å². The van der Waals surface area contributed by atoms with E-state index < -0.39 is 17.2 Å². The van der Waals surface area contributed by atoms with E-state index in [0.29, 0.717) is 37.4 Å². The van der Waals surface area contributed by atoms with Crippen LogP contribution in [0.25, 0.3) is 22.0 Å². The summed E-state index contributed by atoms with van der Waals surface area (Å²) in [4.78, 5) is 24.1. The molecule has 0 bridgehead atoms. The number of rotatable bonds is 13. The lowest BCUT2D eigenvalue weighted by Crippen LogP contribution is -2.40. The number of hydrogen-bond donors (Lipinski definition) is 1. The molecule has 0 saturated heterocycles. The molecule has 5 rings (SSSR count). The third-order valence-electron chi connectivity index (χ3n) is 7.98. The molecule has 10 heteroatoms. The number of hydrogen-bond acceptors (Lipinski definition) is 7. The van der Waals surface area contributed by atoms with E-state index in [-0.39, 0.29) is 37.5 Å². The molecule has 212 valence electrons. The fourth-order valence-electron chi connectivity index (χ4n) is 5.64. The van der Waals surface area contributed by atoms with Gasteiger partial charge in [0.2, 0.25) is 12.5 Å². The monoisotopic (exact) mass is 570 g/mol. The summed E-state index contributed by atoms with van der Waals surface area (Å²) in [7, 11) is 1.61. The zero-order chi connectivity index (χ0) is 28.3. The molecule has 0 saturated carbocycles. The number of methoxy groups -OCH3 is 1. The SMILES string of the molecule is COc1ccc2cc3[n+](cc2c1OCCCCCC(CCSF)(C(C)=O)C(=O)O)CCc1cc2c(cc1-3)OCO2. The van der Waals surface area contributed by atoms with E-state index in [9.17, 15) is 18.6 Å². The fraction of sp³-hybridized carbons (Fsp3) is 0.433. The first-order chi connectivity index (χ1) is 19.4. The smallest absolute Gasteiger partial charge is 0.317 e. The molecule has 1 N–H and O–H groups in total. The predicted molar refractivity (Wildman–Crippen MR) is 149 cm³/mol. The minimum absolute atomic E-state index is 0.0156. The van der Waals surface area contributed by atoms with Crippen molar-refractivity contribution in [2.24, 2.45) is 5.41 Å². The van der Waals surface area contributed by atoms with Gasteiger partial charge in [-0.1, -0.05) is 12.8 Å². The van der Waals surface area contributed by atoms with Crippen LogP contribution >= 0.6 is 12.1 Å². The molecule has 1 aromatic heterocycles. The number of aliphatic carboxylic acids is 1. The molecule has 2 aliphatic heterocycles. The highest BCUT2D eigenvalue weighted by Gasteiger charge is 2.42. The number of carbonyl (C=O) groups excluding carboxylic acids is 1. The van der Waals surface area contributed by atoms with E-state index in [0.717, 1.165) is 46.5 Å². The van der Waals surface area contributed by atoms with Crippen LogP contribution in [0.4, 0.5) is 3.89 Å². The number of unbranched alkanes of at least 4 members (excludes halogenated alkanes) is 2. The van der Waals surface area contributed by atoms with E-state index in [2.05, 4.69) is 29.0 Å². The van der Waals surface area contributed by atoms with Crippen LogP contribution in [0.3, 0.4) is 0 Å². The van der Waals surface area contributed by atoms with Crippen molar-refractivity contribution in [2.45, 2.75) is 52.0 Å². The van der Waals surface area contributed by atoms with Crippen molar-refractivity contribution in [1.29, 1.82) is 0 Å². The first-order valence-corrected chi connectivity index (χ1v) is 14.3. The van der Waals surface area contributed by atoms with Gasteiger partial charge >= 0.3 is 5.97 Å². The fourth-order valence-corrected chi connectivity index (χ4v) is 6.07. The van der Waals surface area contributed by atoms with Gasteiger partial charge in [0.05, 0.1) is 24.7 Å². The quantitative estimate of drug-likeness (QED) is 0.159. The zero-order valence-electron chi connectivity index (χ0n) is 22.7. The van der Waals surface area contributed by atoms with E-state index in [1.165, 1.54) is 12.5 Å². The second-order valence-corrected chi connectivity index (χ2v) is 10.9. The predicted octanol–water partition coefficient (Wildman–Crippen LogP) is 5.69. The number of ether oxygens (including phenoxy) is 4. The van der Waals surface area contributed by atoms with E-state index in [1.54, 1.807) is 7.11 Å². The summed E-state index contributed by atoms with van der Waals surface area (Å²) in [6, 6.07) is 10.2. The van der Waals surface area contributed by atoms with Crippen LogP contribution in [-0.2, 0) is 22.6 Å². The molecule has 1 unspecified atom stereocenters. The van der Waals surface area contributed by atoms with Crippen molar-refractivity contribution in [3.05, 3.63) is 42.1 Å². The van der Waals surface area contributed by atoms with Gasteiger partial charge in [-0.2, -0.15) is 8.45 Å². The standard InChI is InChI=1S/C30H32FNO7S/c1-19(33)30(29(34)35,10-13-40-31)9-4-3-5-12-37-28-23-17-32-11-8-21-15-26-27(39-18-38-26)16-22(21)24(32)14-20(23)6-7-25(28)36-2/h6-7,14-17H,3-5,8-13,18H2,1-2H3/p+1. The molecule has 0 spiro atoms. The average Bonchev–Trinajstić information content (AvgIpc) is 3.41. The zero-order valence-corrected chi connectivity index (χ0v) is 23.5. The summed E-state index contributed by atoms with van der Waals surface area (Å²) in [6.07, 6.45) is 5.02. The Morgan fingerprint density at radius 3 is 2.65 bits per heavy atom. The minimum Gasteiger partial charge on any atom is -0.493 e. The van der Waals surface area contributed by atoms with Crippen LogP contribution in [0.15, 0.2) is 36.5 Å². The topological polar surface area (TPSA) is 95.2 Å². The number of fused-ring (bicyclic) bond motifs is 5. The molecule has 2 aliphatic rings. The summed E-state index contributed by atoms with van der Waals surface area (Å²) < 4.78 is 37.9. The Kier molecular flexibility index (Phi) is 8.35. The molecule has 3 aromatic rings. The Bertz CT molecular complexity index is 1430. The van der Waals surface area contributed by atoms with Gasteiger partial charge in [0, 0.05) is 30.4 Å². The maximum atomic E-state index is 12.7. The third kappa shape index (κ3) is 5.29. The number of carboxylic acid groups (broad SMARTS) is 1. The number of nitrogens with zero attached hydrogens (tertiary/aromatic N) is 1. The molecule has 8 nitrogen and oxygen atoms in total. The van der Waals surface area contributed by atoms with Crippen LogP contribution in [0.1, 0.15) is 44.6 Å². The van der Waals surface area contributed by atoms with E-state index >= 15 is 0 Å². The number of halogens is 1. The third-order valence-corrected chi connectivity index (χ3v) is 8.34. The van der Waals surface area contributed by atoms with Gasteiger partial charge in [-0.3, -0.25) is 9.59 Å². The van der Waals surface area contributed by atoms with Gasteiger partial charge in [-0.15, -0.1) is 0 Å². The molecule has 40 heavy (non-hydrogen) atoms. The second kappa shape index (κ2) is 11.9. The van der Waals surface area contributed by atoms with Crippen molar-refractivity contribution in [1.82, 2.24) is 0 Å². The van der Waals surface area contributed by atoms with Crippen LogP contribution in [0.5, 0.6) is 23.0 Å². The first kappa shape index (κ1) is 28.0. The largest absolute Gasteiger partial charge is 0.493 e. The molecule has 0 radical (unpaired) electrons. The number of carbonyl (C=O) groups is 2. The Balaban J connectivity index is 1.30. The molecule has 0 aliphatic carbocycles. The summed E-state index contributed by atoms with van der Waals surface area (Å²) in [5.41, 5.74) is 1.92. The highest BCUT2D eigenvalue weighted by molar-refractivity contribution is 7.94. The number of benzene rings is 2. The minimum atomic E-state index is -1.53. The molecule has 1 atom stereocenters. The van der Waals surface area contributed by atoms with Gasteiger partial charge in [0.15, 0.2) is 35.7 Å². The highest BCUT2D eigenvalue weighted by Crippen LogP contribution is 2.42. The van der Waals surface area contributed by atoms with Crippen LogP contribution < -0.4 is 23.5 Å². The van der Waals surface area contributed by atoms with Crippen molar-refractivity contribution in [3.8, 4) is 34.3 Å². The molecular formula is C30H33FNO7S+. The number of aryl methyl sites for hydroxylation is 2. The molecular weight excluding hydrogens is 537 g/mol. The van der Waals surface area contributed by atoms with Crippen LogP contribution in [0.2, 0.25) is 0 Å². The average molecular weight is 571 g/mol. The Morgan fingerprint density at radius 2 is 1.93 bits per heavy atom. The summed E-state index contributed by atoms with van der Waals surface area (Å²) in [6.45, 7) is 2.74. The maximum Gasteiger partial charge on any atom is 0.317 e. The summed E-state index contributed by atoms with van der Waals surface area (Å²) >= 11 is 0.0626. The van der Waals surface area contributed by atoms with Crippen molar-refractivity contribution < 1.29 is 42.1 Å². The molecule has 2 aromatic carbocycles. The summed E-state index contributed by atoms with van der Waals surface area (Å²) in [5, 5.41) is 11.7. The maximum absolute atomic E-state index is 12.7. The van der Waals surface area contributed by atoms with Crippen LogP contribution in [-0.4, -0.2) is 43.1 Å². The Hall–Kier alpha value is -3.53. The van der Waals surface area contributed by atoms with Crippen molar-refractivity contribution in [2.75, 3.05) is 26.3 Å². The van der Waals surface area contributed by atoms with E-state index in [1.807, 2.05) is 12.1 Å². The van der Waals surface area contributed by atoms with Gasteiger partial charge in [0.25, 0.3) is 0 Å². The van der Waals surface area contributed by atoms with E-state index in [4.69, 9.17) is 18.9 Å². The molecule has 0 fully saturated rings. The number of Topliss-reactive ketones (excluding diaryl/α,β-unsaturated/α-hetero) is 1. The molecule has 0 amide bonds. The first-order valence-electron chi connectivity index (χ1n) is 13.5. The van der Waals surface area contributed by atoms with Gasteiger partial charge in [0.1, 0.15) is 11.2 Å². The normalized spacial score (nSPS) is 14.8. The highest BCUT2D eigenvalue weighted by atomic mass is 32.2. The lowest BCUT2D eigenvalue weighted by Gasteiger charge is -2.26. The van der Waals surface area contributed by atoms with Gasteiger partial charge < -0.3 is 24.1 Å². The summed E-state index contributed by atoms with van der Waals surface area (Å²) in [5.74, 6) is 1.22. The number of aromatic nitrogens is 1. The molecule has 3 heterocycles. The lowest BCUT2D eigenvalue weighted by atomic mass is 9.77. The number of pyridine rings is 1. The Labute approximate surface area is 236 Å². The van der Waals surface area contributed by atoms with Crippen molar-refractivity contribution >= 4 is 34.7 Å². The van der Waals surface area contributed by atoms with Gasteiger partial charge in [-0.25, -0.2) is 0 Å². The second-order valence-electron chi connectivity index (χ2n) is 10.2.